The van der Waals surface area contributed by atoms with E-state index in [4.69, 9.17) is 4.42 Å². The minimum Gasteiger partial charge on any atom is -0.444 e. The van der Waals surface area contributed by atoms with Crippen molar-refractivity contribution in [1.29, 1.82) is 0 Å². The summed E-state index contributed by atoms with van der Waals surface area (Å²) in [5, 5.41) is 3.64. The van der Waals surface area contributed by atoms with Gasteiger partial charge in [0.2, 0.25) is 0 Å². The average molecular weight is 256 g/mol. The Balaban J connectivity index is 1.70. The van der Waals surface area contributed by atoms with Crippen LogP contribution in [0, 0.1) is 5.92 Å². The first-order valence-electron chi connectivity index (χ1n) is 7.07. The van der Waals surface area contributed by atoms with Crippen LogP contribution in [0.25, 0.3) is 11.3 Å². The second kappa shape index (κ2) is 5.47. The molecule has 0 bridgehead atoms. The summed E-state index contributed by atoms with van der Waals surface area (Å²) in [7, 11) is 0. The largest absolute Gasteiger partial charge is 0.444 e. The Labute approximate surface area is 114 Å². The normalized spacial score (nSPS) is 23.2. The number of hydrogen-bond donors (Lipinski definition) is 1. The third-order valence-corrected chi connectivity index (χ3v) is 3.97. The van der Waals surface area contributed by atoms with Crippen molar-refractivity contribution in [2.45, 2.75) is 38.6 Å². The molecule has 3 heteroatoms. The molecule has 1 aromatic heterocycles. The zero-order valence-electron chi connectivity index (χ0n) is 11.3. The van der Waals surface area contributed by atoms with E-state index < -0.39 is 0 Å². The maximum atomic E-state index is 5.34. The zero-order chi connectivity index (χ0) is 13.1. The Morgan fingerprint density at radius 3 is 2.79 bits per heavy atom. The van der Waals surface area contributed by atoms with E-state index in [1.165, 1.54) is 37.8 Å². The fraction of sp³-hybridized carbons (Fsp3) is 0.438. The van der Waals surface area contributed by atoms with Gasteiger partial charge in [-0.1, -0.05) is 19.1 Å². The quantitative estimate of drug-likeness (QED) is 0.888. The lowest BCUT2D eigenvalue weighted by Gasteiger charge is -2.27. The second-order valence-electron chi connectivity index (χ2n) is 5.55. The van der Waals surface area contributed by atoms with E-state index >= 15 is 0 Å². The van der Waals surface area contributed by atoms with Gasteiger partial charge in [0, 0.05) is 17.3 Å². The van der Waals surface area contributed by atoms with Gasteiger partial charge in [-0.25, -0.2) is 4.98 Å². The van der Waals surface area contributed by atoms with Crippen molar-refractivity contribution in [3.63, 3.8) is 0 Å². The molecule has 3 rings (SSSR count). The third-order valence-electron chi connectivity index (χ3n) is 3.97. The van der Waals surface area contributed by atoms with Crippen LogP contribution in [0.4, 0.5) is 5.69 Å². The van der Waals surface area contributed by atoms with Gasteiger partial charge in [0.05, 0.1) is 6.20 Å². The second-order valence-corrected chi connectivity index (χ2v) is 5.55. The lowest BCUT2D eigenvalue weighted by Crippen LogP contribution is -2.25. The molecule has 3 nitrogen and oxygen atoms in total. The molecular weight excluding hydrogens is 236 g/mol. The smallest absolute Gasteiger partial charge is 0.181 e. The molecule has 1 aromatic carbocycles. The van der Waals surface area contributed by atoms with Gasteiger partial charge in [-0.15, -0.1) is 0 Å². The molecular formula is C16H20N2O. The molecule has 0 radical (unpaired) electrons. The van der Waals surface area contributed by atoms with E-state index in [0.29, 0.717) is 6.04 Å². The van der Waals surface area contributed by atoms with Crippen LogP contribution < -0.4 is 5.32 Å². The van der Waals surface area contributed by atoms with Gasteiger partial charge in [0.15, 0.2) is 12.2 Å². The van der Waals surface area contributed by atoms with Gasteiger partial charge in [-0.05, 0) is 43.7 Å². The van der Waals surface area contributed by atoms with Crippen molar-refractivity contribution in [2.75, 3.05) is 5.32 Å². The summed E-state index contributed by atoms with van der Waals surface area (Å²) >= 11 is 0. The fourth-order valence-corrected chi connectivity index (χ4v) is 2.76. The maximum absolute atomic E-state index is 5.34. The van der Waals surface area contributed by atoms with Crippen LogP contribution in [0.5, 0.6) is 0 Å². The molecule has 0 saturated heterocycles. The molecule has 0 unspecified atom stereocenters. The molecule has 2 aromatic rings. The van der Waals surface area contributed by atoms with Gasteiger partial charge in [-0.2, -0.15) is 0 Å². The topological polar surface area (TPSA) is 38.1 Å². The minimum absolute atomic E-state index is 0.612. The Kier molecular flexibility index (Phi) is 3.53. The van der Waals surface area contributed by atoms with E-state index in [-0.39, 0.29) is 0 Å². The summed E-state index contributed by atoms with van der Waals surface area (Å²) in [6.45, 7) is 2.35. The lowest BCUT2D eigenvalue weighted by molar-refractivity contribution is 0.361. The van der Waals surface area contributed by atoms with Gasteiger partial charge in [0.1, 0.15) is 0 Å². The van der Waals surface area contributed by atoms with Gasteiger partial charge in [0.25, 0.3) is 0 Å². The summed E-state index contributed by atoms with van der Waals surface area (Å²) < 4.78 is 5.34. The van der Waals surface area contributed by atoms with Crippen LogP contribution in [0.2, 0.25) is 0 Å². The molecule has 1 N–H and O–H groups in total. The van der Waals surface area contributed by atoms with Crippen molar-refractivity contribution >= 4 is 5.69 Å². The first-order valence-corrected chi connectivity index (χ1v) is 7.07. The summed E-state index contributed by atoms with van der Waals surface area (Å²) in [5.41, 5.74) is 2.25. The molecule has 100 valence electrons. The number of aromatic nitrogens is 1. The summed E-state index contributed by atoms with van der Waals surface area (Å²) in [4.78, 5) is 3.97. The summed E-state index contributed by atoms with van der Waals surface area (Å²) in [6.07, 6.45) is 8.43. The van der Waals surface area contributed by atoms with Crippen LogP contribution in [-0.4, -0.2) is 11.0 Å². The van der Waals surface area contributed by atoms with Crippen molar-refractivity contribution in [3.8, 4) is 11.3 Å². The van der Waals surface area contributed by atoms with Crippen LogP contribution in [0.3, 0.4) is 0 Å². The SMILES string of the molecule is CC1CCC(Nc2cccc(-c3cnco3)c2)CC1. The highest BCUT2D eigenvalue weighted by atomic mass is 16.3. The molecule has 0 amide bonds. The number of hydrogen-bond acceptors (Lipinski definition) is 3. The summed E-state index contributed by atoms with van der Waals surface area (Å²) in [6, 6.07) is 8.98. The number of rotatable bonds is 3. The predicted octanol–water partition coefficient (Wildman–Crippen LogP) is 4.33. The standard InChI is InChI=1S/C16H20N2O/c1-12-5-7-14(8-6-12)18-15-4-2-3-13(9-15)16-10-17-11-19-16/h2-4,9-12,14,18H,5-8H2,1H3. The minimum atomic E-state index is 0.612. The van der Waals surface area contributed by atoms with Gasteiger partial charge >= 0.3 is 0 Å². The van der Waals surface area contributed by atoms with Gasteiger partial charge < -0.3 is 9.73 Å². The molecule has 1 aliphatic carbocycles. The number of oxazole rings is 1. The first-order chi connectivity index (χ1) is 9.31. The molecule has 1 fully saturated rings. The average Bonchev–Trinajstić information content (AvgIpc) is 2.96. The Morgan fingerprint density at radius 2 is 2.05 bits per heavy atom. The van der Waals surface area contributed by atoms with E-state index in [1.54, 1.807) is 6.20 Å². The van der Waals surface area contributed by atoms with Crippen LogP contribution in [-0.2, 0) is 0 Å². The number of anilines is 1. The Hall–Kier alpha value is -1.77. The number of benzene rings is 1. The highest BCUT2D eigenvalue weighted by molar-refractivity contribution is 5.63. The van der Waals surface area contributed by atoms with Crippen LogP contribution in [0.1, 0.15) is 32.6 Å². The molecule has 0 spiro atoms. The van der Waals surface area contributed by atoms with Crippen LogP contribution >= 0.6 is 0 Å². The van der Waals surface area contributed by atoms with Crippen LogP contribution in [0.15, 0.2) is 41.3 Å². The molecule has 1 saturated carbocycles. The molecule has 19 heavy (non-hydrogen) atoms. The zero-order valence-corrected chi connectivity index (χ0v) is 11.3. The maximum Gasteiger partial charge on any atom is 0.181 e. The Bertz CT molecular complexity index is 513. The highest BCUT2D eigenvalue weighted by Gasteiger charge is 2.17. The van der Waals surface area contributed by atoms with Crippen molar-refractivity contribution in [3.05, 3.63) is 36.9 Å². The molecule has 1 aliphatic rings. The monoisotopic (exact) mass is 256 g/mol. The lowest BCUT2D eigenvalue weighted by atomic mass is 9.87. The number of nitrogens with zero attached hydrogens (tertiary/aromatic N) is 1. The molecule has 1 heterocycles. The predicted molar refractivity (Wildman–Crippen MR) is 77.0 cm³/mol. The number of nitrogens with one attached hydrogen (secondary N) is 1. The van der Waals surface area contributed by atoms with E-state index in [2.05, 4.69) is 41.5 Å². The fourth-order valence-electron chi connectivity index (χ4n) is 2.76. The van der Waals surface area contributed by atoms with Crippen molar-refractivity contribution in [1.82, 2.24) is 4.98 Å². The molecule has 0 aliphatic heterocycles. The Morgan fingerprint density at radius 1 is 1.21 bits per heavy atom. The van der Waals surface area contributed by atoms with Gasteiger partial charge in [-0.3, -0.25) is 0 Å². The van der Waals surface area contributed by atoms with E-state index in [0.717, 1.165) is 17.2 Å². The van der Waals surface area contributed by atoms with Crippen molar-refractivity contribution in [2.24, 2.45) is 5.92 Å². The summed E-state index contributed by atoms with van der Waals surface area (Å²) in [5.74, 6) is 1.71. The van der Waals surface area contributed by atoms with E-state index in [9.17, 15) is 0 Å². The first kappa shape index (κ1) is 12.3. The van der Waals surface area contributed by atoms with Crippen molar-refractivity contribution < 1.29 is 4.42 Å². The molecule has 0 atom stereocenters. The highest BCUT2D eigenvalue weighted by Crippen LogP contribution is 2.27. The third kappa shape index (κ3) is 2.98. The van der Waals surface area contributed by atoms with E-state index in [1.807, 2.05) is 0 Å².